The van der Waals surface area contributed by atoms with E-state index in [0.29, 0.717) is 36.6 Å². The third-order valence-corrected chi connectivity index (χ3v) is 4.05. The standard InChI is InChI=1S/C14H16N6O2S/c1-9-19-10(6-23-9)5-11(21)22-4-2-3-20-8-18-12-13(15)16-7-17-14(12)20/h6-8H,2-5H2,1H3,(H2,15,16,17). The zero-order valence-electron chi connectivity index (χ0n) is 12.6. The summed E-state index contributed by atoms with van der Waals surface area (Å²) in [5, 5.41) is 2.82. The Bertz CT molecular complexity index is 828. The Morgan fingerprint density at radius 2 is 2.26 bits per heavy atom. The number of hydrogen-bond acceptors (Lipinski definition) is 8. The van der Waals surface area contributed by atoms with E-state index in [9.17, 15) is 4.79 Å². The van der Waals surface area contributed by atoms with Gasteiger partial charge in [0, 0.05) is 11.9 Å². The predicted octanol–water partition coefficient (Wildman–Crippen LogP) is 1.35. The lowest BCUT2D eigenvalue weighted by Gasteiger charge is -2.05. The molecule has 0 radical (unpaired) electrons. The number of aryl methyl sites for hydroxylation is 2. The molecule has 0 aliphatic rings. The van der Waals surface area contributed by atoms with Crippen LogP contribution in [0.2, 0.25) is 0 Å². The van der Waals surface area contributed by atoms with Gasteiger partial charge >= 0.3 is 5.97 Å². The van der Waals surface area contributed by atoms with E-state index in [-0.39, 0.29) is 12.4 Å². The third kappa shape index (κ3) is 3.62. The van der Waals surface area contributed by atoms with Gasteiger partial charge in [-0.1, -0.05) is 0 Å². The van der Waals surface area contributed by atoms with Crippen molar-refractivity contribution in [1.82, 2.24) is 24.5 Å². The van der Waals surface area contributed by atoms with Crippen molar-refractivity contribution in [1.29, 1.82) is 0 Å². The van der Waals surface area contributed by atoms with Crippen LogP contribution >= 0.6 is 11.3 Å². The molecular formula is C14H16N6O2S. The Morgan fingerprint density at radius 3 is 3.04 bits per heavy atom. The number of nitrogen functional groups attached to an aromatic ring is 1. The van der Waals surface area contributed by atoms with Crippen LogP contribution in [0.25, 0.3) is 11.2 Å². The number of aromatic nitrogens is 5. The summed E-state index contributed by atoms with van der Waals surface area (Å²) in [5.74, 6) is 0.0936. The molecule has 0 aromatic carbocycles. The molecule has 0 fully saturated rings. The van der Waals surface area contributed by atoms with E-state index in [1.165, 1.54) is 17.7 Å². The average Bonchev–Trinajstić information content (AvgIpc) is 3.11. The lowest BCUT2D eigenvalue weighted by molar-refractivity contribution is -0.143. The van der Waals surface area contributed by atoms with Crippen molar-refractivity contribution in [3.05, 3.63) is 28.7 Å². The highest BCUT2D eigenvalue weighted by atomic mass is 32.1. The van der Waals surface area contributed by atoms with Crippen LogP contribution in [-0.4, -0.2) is 37.1 Å². The number of carbonyl (C=O) groups excluding carboxylic acids is 1. The Kier molecular flexibility index (Phi) is 4.47. The van der Waals surface area contributed by atoms with Crippen molar-refractivity contribution in [2.45, 2.75) is 26.3 Å². The third-order valence-electron chi connectivity index (χ3n) is 3.23. The summed E-state index contributed by atoms with van der Waals surface area (Å²) in [6.45, 7) is 2.88. The minimum absolute atomic E-state index is 0.210. The van der Waals surface area contributed by atoms with Crippen LogP contribution in [0, 0.1) is 6.92 Å². The second kappa shape index (κ2) is 6.69. The minimum Gasteiger partial charge on any atom is -0.465 e. The quantitative estimate of drug-likeness (QED) is 0.536. The van der Waals surface area contributed by atoms with Gasteiger partial charge in [0.2, 0.25) is 0 Å². The van der Waals surface area contributed by atoms with Gasteiger partial charge in [0.05, 0.1) is 30.1 Å². The van der Waals surface area contributed by atoms with E-state index in [0.717, 1.165) is 10.7 Å². The van der Waals surface area contributed by atoms with Crippen molar-refractivity contribution < 1.29 is 9.53 Å². The predicted molar refractivity (Wildman–Crippen MR) is 85.9 cm³/mol. The number of ether oxygens (including phenoxy) is 1. The molecular weight excluding hydrogens is 316 g/mol. The van der Waals surface area contributed by atoms with E-state index in [2.05, 4.69) is 19.9 Å². The molecule has 0 bridgehead atoms. The number of rotatable bonds is 6. The maximum absolute atomic E-state index is 11.7. The number of hydrogen-bond donors (Lipinski definition) is 1. The smallest absolute Gasteiger partial charge is 0.311 e. The van der Waals surface area contributed by atoms with Gasteiger partial charge in [0.25, 0.3) is 0 Å². The van der Waals surface area contributed by atoms with Crippen LogP contribution in [-0.2, 0) is 22.5 Å². The number of imidazole rings is 1. The summed E-state index contributed by atoms with van der Waals surface area (Å²) in [7, 11) is 0. The van der Waals surface area contributed by atoms with Crippen molar-refractivity contribution in [2.24, 2.45) is 0 Å². The number of esters is 1. The summed E-state index contributed by atoms with van der Waals surface area (Å²) in [6, 6.07) is 0. The van der Waals surface area contributed by atoms with Gasteiger partial charge in [-0.15, -0.1) is 11.3 Å². The maximum Gasteiger partial charge on any atom is 0.311 e. The SMILES string of the molecule is Cc1nc(CC(=O)OCCCn2cnc3c(N)ncnc32)cs1. The molecule has 120 valence electrons. The fourth-order valence-electron chi connectivity index (χ4n) is 2.17. The highest BCUT2D eigenvalue weighted by molar-refractivity contribution is 7.09. The Labute approximate surface area is 136 Å². The number of fused-ring (bicyclic) bond motifs is 1. The molecule has 8 nitrogen and oxygen atoms in total. The Morgan fingerprint density at radius 1 is 1.39 bits per heavy atom. The van der Waals surface area contributed by atoms with E-state index in [1.54, 1.807) is 6.33 Å². The molecule has 9 heteroatoms. The first-order valence-electron chi connectivity index (χ1n) is 7.11. The number of carbonyl (C=O) groups is 1. The van der Waals surface area contributed by atoms with E-state index >= 15 is 0 Å². The molecule has 0 amide bonds. The fourth-order valence-corrected chi connectivity index (χ4v) is 2.78. The summed E-state index contributed by atoms with van der Waals surface area (Å²) >= 11 is 1.52. The molecule has 3 heterocycles. The average molecular weight is 332 g/mol. The number of anilines is 1. The molecule has 0 saturated heterocycles. The summed E-state index contributed by atoms with van der Waals surface area (Å²) in [6.07, 6.45) is 3.95. The molecule has 3 aromatic heterocycles. The van der Waals surface area contributed by atoms with Gasteiger partial charge < -0.3 is 15.0 Å². The van der Waals surface area contributed by atoms with Crippen LogP contribution in [0.1, 0.15) is 17.1 Å². The van der Waals surface area contributed by atoms with Gasteiger partial charge in [-0.05, 0) is 13.3 Å². The molecule has 23 heavy (non-hydrogen) atoms. The van der Waals surface area contributed by atoms with Gasteiger partial charge in [-0.2, -0.15) is 0 Å². The second-order valence-electron chi connectivity index (χ2n) is 4.98. The topological polar surface area (TPSA) is 109 Å². The maximum atomic E-state index is 11.7. The van der Waals surface area contributed by atoms with E-state index in [1.807, 2.05) is 16.9 Å². The van der Waals surface area contributed by atoms with Crippen molar-refractivity contribution >= 4 is 34.3 Å². The van der Waals surface area contributed by atoms with Crippen LogP contribution in [0.15, 0.2) is 18.0 Å². The molecule has 3 aromatic rings. The highest BCUT2D eigenvalue weighted by Crippen LogP contribution is 2.14. The van der Waals surface area contributed by atoms with Crippen LogP contribution < -0.4 is 5.73 Å². The highest BCUT2D eigenvalue weighted by Gasteiger charge is 2.09. The zero-order valence-corrected chi connectivity index (χ0v) is 13.4. The molecule has 0 saturated carbocycles. The first-order chi connectivity index (χ1) is 11.1. The summed E-state index contributed by atoms with van der Waals surface area (Å²) < 4.78 is 7.09. The molecule has 0 aliphatic heterocycles. The van der Waals surface area contributed by atoms with Gasteiger partial charge in [-0.25, -0.2) is 19.9 Å². The molecule has 0 aliphatic carbocycles. The van der Waals surface area contributed by atoms with E-state index in [4.69, 9.17) is 10.5 Å². The molecule has 0 unspecified atom stereocenters. The largest absolute Gasteiger partial charge is 0.465 e. The number of nitrogens with two attached hydrogens (primary N) is 1. The van der Waals surface area contributed by atoms with Crippen molar-refractivity contribution in [3.8, 4) is 0 Å². The second-order valence-corrected chi connectivity index (χ2v) is 6.04. The lowest BCUT2D eigenvalue weighted by Crippen LogP contribution is -2.11. The molecule has 3 rings (SSSR count). The van der Waals surface area contributed by atoms with Gasteiger partial charge in [0.1, 0.15) is 11.8 Å². The van der Waals surface area contributed by atoms with Crippen molar-refractivity contribution in [2.75, 3.05) is 12.3 Å². The van der Waals surface area contributed by atoms with Crippen LogP contribution in [0.3, 0.4) is 0 Å². The molecule has 2 N–H and O–H groups in total. The summed E-state index contributed by atoms with van der Waals surface area (Å²) in [5.41, 5.74) is 7.76. The van der Waals surface area contributed by atoms with Crippen LogP contribution in [0.4, 0.5) is 5.82 Å². The lowest BCUT2D eigenvalue weighted by atomic mass is 10.3. The first-order valence-corrected chi connectivity index (χ1v) is 7.99. The first kappa shape index (κ1) is 15.3. The normalized spacial score (nSPS) is 11.0. The number of thiazole rings is 1. The van der Waals surface area contributed by atoms with E-state index < -0.39 is 0 Å². The van der Waals surface area contributed by atoms with Crippen molar-refractivity contribution in [3.63, 3.8) is 0 Å². The zero-order chi connectivity index (χ0) is 16.2. The molecule has 0 spiro atoms. The fraction of sp³-hybridized carbons (Fsp3) is 0.357. The van der Waals surface area contributed by atoms with Crippen LogP contribution in [0.5, 0.6) is 0 Å². The monoisotopic (exact) mass is 332 g/mol. The Balaban J connectivity index is 1.47. The number of nitrogens with zero attached hydrogens (tertiary/aromatic N) is 5. The van der Waals surface area contributed by atoms with Gasteiger partial charge in [-0.3, -0.25) is 4.79 Å². The molecule has 0 atom stereocenters. The Hall–Kier alpha value is -2.55. The minimum atomic E-state index is -0.266. The summed E-state index contributed by atoms with van der Waals surface area (Å²) in [4.78, 5) is 28.2. The van der Waals surface area contributed by atoms with Gasteiger partial charge in [0.15, 0.2) is 11.5 Å².